The zero-order valence-corrected chi connectivity index (χ0v) is 15.6. The Labute approximate surface area is 161 Å². The number of nitrogens with zero attached hydrogens (tertiary/aromatic N) is 1. The van der Waals surface area contributed by atoms with Crippen LogP contribution in [0.2, 0.25) is 10.0 Å². The van der Waals surface area contributed by atoms with Crippen molar-refractivity contribution in [3.8, 4) is 0 Å². The number of carbonyl (C=O) groups is 3. The van der Waals surface area contributed by atoms with Crippen LogP contribution in [0.15, 0.2) is 18.2 Å². The lowest BCUT2D eigenvalue weighted by molar-refractivity contribution is -0.124. The van der Waals surface area contributed by atoms with E-state index in [1.807, 2.05) is 0 Å². The maximum Gasteiger partial charge on any atom is 0.321 e. The van der Waals surface area contributed by atoms with Crippen molar-refractivity contribution in [3.63, 3.8) is 0 Å². The molecule has 3 rings (SSSR count). The second-order valence-corrected chi connectivity index (χ2v) is 7.38. The van der Waals surface area contributed by atoms with Gasteiger partial charge in [-0.1, -0.05) is 23.2 Å². The Morgan fingerprint density at radius 2 is 1.92 bits per heavy atom. The number of halogens is 2. The molecule has 0 radical (unpaired) electrons. The third-order valence-corrected chi connectivity index (χ3v) is 4.93. The van der Waals surface area contributed by atoms with Gasteiger partial charge in [-0.05, 0) is 50.4 Å². The Kier molecular flexibility index (Phi) is 6.01. The summed E-state index contributed by atoms with van der Waals surface area (Å²) >= 11 is 12.0. The van der Waals surface area contributed by atoms with Gasteiger partial charge in [-0.25, -0.2) is 4.79 Å². The van der Waals surface area contributed by atoms with Crippen molar-refractivity contribution in [2.24, 2.45) is 0 Å². The molecule has 9 heteroatoms. The molecule has 1 saturated carbocycles. The summed E-state index contributed by atoms with van der Waals surface area (Å²) in [6.45, 7) is 0.596. The third-order valence-electron chi connectivity index (χ3n) is 4.36. The predicted molar refractivity (Wildman–Crippen MR) is 99.4 cm³/mol. The fraction of sp³-hybridized carbons (Fsp3) is 0.471. The topological polar surface area (TPSA) is 90.5 Å². The summed E-state index contributed by atoms with van der Waals surface area (Å²) < 4.78 is 0. The van der Waals surface area contributed by atoms with Crippen molar-refractivity contribution < 1.29 is 14.4 Å². The van der Waals surface area contributed by atoms with E-state index in [-0.39, 0.29) is 18.5 Å². The summed E-state index contributed by atoms with van der Waals surface area (Å²) in [7, 11) is 0. The minimum Gasteiger partial charge on any atom is -0.335 e. The van der Waals surface area contributed by atoms with Crippen molar-refractivity contribution in [1.82, 2.24) is 15.5 Å². The van der Waals surface area contributed by atoms with E-state index in [4.69, 9.17) is 23.2 Å². The summed E-state index contributed by atoms with van der Waals surface area (Å²) in [6.07, 6.45) is 3.32. The van der Waals surface area contributed by atoms with Gasteiger partial charge >= 0.3 is 6.03 Å². The summed E-state index contributed by atoms with van der Waals surface area (Å²) in [4.78, 5) is 38.0. The smallest absolute Gasteiger partial charge is 0.321 e. The zero-order valence-electron chi connectivity index (χ0n) is 14.1. The summed E-state index contributed by atoms with van der Waals surface area (Å²) in [5.41, 5.74) is 0.435. The molecule has 2 fully saturated rings. The molecule has 1 heterocycles. The van der Waals surface area contributed by atoms with Gasteiger partial charge in [0, 0.05) is 11.1 Å². The molecule has 0 aromatic heterocycles. The number of anilines is 1. The van der Waals surface area contributed by atoms with Crippen LogP contribution in [0.1, 0.15) is 25.7 Å². The van der Waals surface area contributed by atoms with Crippen LogP contribution in [0.25, 0.3) is 0 Å². The molecule has 1 aliphatic carbocycles. The van der Waals surface area contributed by atoms with Crippen molar-refractivity contribution in [2.75, 3.05) is 18.4 Å². The highest BCUT2D eigenvalue weighted by Gasteiger charge is 2.32. The summed E-state index contributed by atoms with van der Waals surface area (Å²) in [6, 6.07) is 4.06. The van der Waals surface area contributed by atoms with Crippen LogP contribution in [0.4, 0.5) is 10.5 Å². The molecule has 140 valence electrons. The number of urea groups is 1. The highest BCUT2D eigenvalue weighted by Crippen LogP contribution is 2.27. The predicted octanol–water partition coefficient (Wildman–Crippen LogP) is 2.38. The van der Waals surface area contributed by atoms with Crippen LogP contribution in [-0.2, 0) is 9.59 Å². The molecular weight excluding hydrogens is 379 g/mol. The minimum absolute atomic E-state index is 0.0144. The van der Waals surface area contributed by atoms with Gasteiger partial charge in [-0.3, -0.25) is 19.8 Å². The lowest BCUT2D eigenvalue weighted by Crippen LogP contribution is -2.48. The van der Waals surface area contributed by atoms with Gasteiger partial charge in [0.05, 0.1) is 23.3 Å². The molecule has 0 spiro atoms. The van der Waals surface area contributed by atoms with Gasteiger partial charge in [0.1, 0.15) is 0 Å². The first kappa shape index (κ1) is 18.9. The van der Waals surface area contributed by atoms with Crippen LogP contribution in [0, 0.1) is 0 Å². The molecule has 7 nitrogen and oxygen atoms in total. The molecule has 1 aliphatic heterocycles. The molecule has 1 saturated heterocycles. The van der Waals surface area contributed by atoms with E-state index in [0.29, 0.717) is 28.7 Å². The molecule has 2 aliphatic rings. The Hall–Kier alpha value is -1.83. The second kappa shape index (κ2) is 8.24. The number of likely N-dealkylation sites (tertiary alicyclic amines) is 1. The molecule has 0 unspecified atom stereocenters. The first-order valence-electron chi connectivity index (χ1n) is 8.52. The molecule has 26 heavy (non-hydrogen) atoms. The normalized spacial score (nSPS) is 19.8. The number of carbonyl (C=O) groups excluding carboxylic acids is 3. The zero-order chi connectivity index (χ0) is 18.7. The fourth-order valence-corrected chi connectivity index (χ4v) is 3.26. The first-order valence-corrected chi connectivity index (χ1v) is 9.28. The summed E-state index contributed by atoms with van der Waals surface area (Å²) in [5, 5.41) is 8.62. The Balaban J connectivity index is 1.54. The molecular formula is C17H20Cl2N4O3. The Bertz CT molecular complexity index is 724. The number of amides is 4. The number of imide groups is 1. The first-order chi connectivity index (χ1) is 12.4. The fourth-order valence-electron chi connectivity index (χ4n) is 2.92. The molecule has 0 bridgehead atoms. The lowest BCUT2D eigenvalue weighted by atomic mass is 10.2. The van der Waals surface area contributed by atoms with Crippen LogP contribution in [0.5, 0.6) is 0 Å². The molecule has 1 aromatic carbocycles. The van der Waals surface area contributed by atoms with Crippen LogP contribution >= 0.6 is 23.2 Å². The van der Waals surface area contributed by atoms with Gasteiger partial charge < -0.3 is 10.6 Å². The van der Waals surface area contributed by atoms with E-state index >= 15 is 0 Å². The standard InChI is InChI=1S/C17H20Cl2N4O3/c18-10-3-6-12(19)13(8-10)21-16(25)14-2-1-7-23(14)9-15(24)22-17(26)20-11-4-5-11/h3,6,8,11,14H,1-2,4-5,7,9H2,(H,21,25)(H2,20,22,24,26)/t14-/m1/s1. The van der Waals surface area contributed by atoms with Gasteiger partial charge in [0.2, 0.25) is 11.8 Å². The van der Waals surface area contributed by atoms with E-state index in [2.05, 4.69) is 16.0 Å². The Morgan fingerprint density at radius 1 is 1.15 bits per heavy atom. The van der Waals surface area contributed by atoms with Crippen molar-refractivity contribution >= 4 is 46.7 Å². The van der Waals surface area contributed by atoms with Gasteiger partial charge in [0.15, 0.2) is 0 Å². The Morgan fingerprint density at radius 3 is 2.65 bits per heavy atom. The van der Waals surface area contributed by atoms with E-state index in [9.17, 15) is 14.4 Å². The largest absolute Gasteiger partial charge is 0.335 e. The van der Waals surface area contributed by atoms with E-state index in [1.54, 1.807) is 23.1 Å². The molecule has 1 atom stereocenters. The maximum atomic E-state index is 12.6. The number of rotatable bonds is 5. The van der Waals surface area contributed by atoms with Crippen molar-refractivity contribution in [2.45, 2.75) is 37.8 Å². The monoisotopic (exact) mass is 398 g/mol. The van der Waals surface area contributed by atoms with Gasteiger partial charge in [-0.2, -0.15) is 0 Å². The highest BCUT2D eigenvalue weighted by molar-refractivity contribution is 6.35. The molecule has 1 aromatic rings. The van der Waals surface area contributed by atoms with Crippen LogP contribution < -0.4 is 16.0 Å². The lowest BCUT2D eigenvalue weighted by Gasteiger charge is -2.23. The SMILES string of the molecule is O=C(CN1CCC[C@@H]1C(=O)Nc1cc(Cl)ccc1Cl)NC(=O)NC1CC1. The average molecular weight is 399 g/mol. The minimum atomic E-state index is -0.483. The summed E-state index contributed by atoms with van der Waals surface area (Å²) in [5.74, 6) is -0.675. The second-order valence-electron chi connectivity index (χ2n) is 6.54. The van der Waals surface area contributed by atoms with Crippen LogP contribution in [-0.4, -0.2) is 47.9 Å². The average Bonchev–Trinajstić information content (AvgIpc) is 3.25. The molecule has 4 amide bonds. The van der Waals surface area contributed by atoms with Crippen molar-refractivity contribution in [1.29, 1.82) is 0 Å². The van der Waals surface area contributed by atoms with E-state index in [0.717, 1.165) is 19.3 Å². The van der Waals surface area contributed by atoms with E-state index < -0.39 is 18.0 Å². The number of hydrogen-bond acceptors (Lipinski definition) is 4. The van der Waals surface area contributed by atoms with Gasteiger partial charge in [-0.15, -0.1) is 0 Å². The number of hydrogen-bond donors (Lipinski definition) is 3. The number of nitrogens with one attached hydrogen (secondary N) is 3. The van der Waals surface area contributed by atoms with Crippen molar-refractivity contribution in [3.05, 3.63) is 28.2 Å². The maximum absolute atomic E-state index is 12.6. The van der Waals surface area contributed by atoms with Crippen LogP contribution in [0.3, 0.4) is 0 Å². The third kappa shape index (κ3) is 5.09. The highest BCUT2D eigenvalue weighted by atomic mass is 35.5. The quantitative estimate of drug-likeness (QED) is 0.709. The van der Waals surface area contributed by atoms with Gasteiger partial charge in [0.25, 0.3) is 0 Å². The van der Waals surface area contributed by atoms with E-state index in [1.165, 1.54) is 0 Å². The molecule has 3 N–H and O–H groups in total. The number of benzene rings is 1.